The molecule has 0 saturated heterocycles. The van der Waals surface area contributed by atoms with Crippen LogP contribution < -0.4 is 14.8 Å². The summed E-state index contributed by atoms with van der Waals surface area (Å²) in [5.74, 6) is 1.45. The lowest BCUT2D eigenvalue weighted by atomic mass is 10.1. The van der Waals surface area contributed by atoms with E-state index in [1.54, 1.807) is 19.2 Å². The molecule has 1 N–H and O–H groups in total. The third-order valence-corrected chi connectivity index (χ3v) is 4.85. The zero-order valence-electron chi connectivity index (χ0n) is 14.4. The van der Waals surface area contributed by atoms with E-state index >= 15 is 0 Å². The second kappa shape index (κ2) is 7.95. The van der Waals surface area contributed by atoms with E-state index in [1.165, 1.54) is 12.8 Å². The monoisotopic (exact) mass is 407 g/mol. The molecule has 1 atom stereocenters. The van der Waals surface area contributed by atoms with Crippen LogP contribution >= 0.6 is 15.9 Å². The van der Waals surface area contributed by atoms with E-state index in [2.05, 4.69) is 21.2 Å². The minimum absolute atomic E-state index is 0.189. The maximum atomic E-state index is 12.2. The molecule has 2 aromatic rings. The van der Waals surface area contributed by atoms with Crippen molar-refractivity contribution in [3.63, 3.8) is 0 Å². The van der Waals surface area contributed by atoms with E-state index in [1.807, 2.05) is 25.1 Å². The van der Waals surface area contributed by atoms with E-state index in [9.17, 15) is 4.79 Å². The molecular formula is C19H22BrNO4. The molecule has 1 fully saturated rings. The number of amides is 1. The van der Waals surface area contributed by atoms with Crippen molar-refractivity contribution in [3.05, 3.63) is 46.3 Å². The number of furan rings is 1. The number of rotatable bonds is 6. The molecule has 1 saturated carbocycles. The molecule has 0 spiro atoms. The number of halogens is 1. The normalized spacial score (nSPS) is 15.8. The first-order valence-corrected chi connectivity index (χ1v) is 9.27. The van der Waals surface area contributed by atoms with Gasteiger partial charge in [0.25, 0.3) is 5.91 Å². The van der Waals surface area contributed by atoms with Crippen LogP contribution in [-0.2, 0) is 0 Å². The number of carbonyl (C=O) groups excluding carboxylic acids is 1. The van der Waals surface area contributed by atoms with Crippen molar-refractivity contribution < 1.29 is 18.7 Å². The number of carbonyl (C=O) groups is 1. The number of hydrogen-bond acceptors (Lipinski definition) is 4. The zero-order chi connectivity index (χ0) is 17.8. The molecule has 1 aliphatic carbocycles. The second-order valence-corrected chi connectivity index (χ2v) is 7.02. The van der Waals surface area contributed by atoms with Crippen molar-refractivity contribution in [1.82, 2.24) is 5.32 Å². The maximum absolute atomic E-state index is 12.2. The largest absolute Gasteiger partial charge is 0.493 e. The number of hydrogen-bond donors (Lipinski definition) is 1. The molecule has 25 heavy (non-hydrogen) atoms. The third-order valence-electron chi connectivity index (χ3n) is 4.43. The third kappa shape index (κ3) is 4.37. The first-order valence-electron chi connectivity index (χ1n) is 8.47. The van der Waals surface area contributed by atoms with Crippen LogP contribution in [0.4, 0.5) is 0 Å². The van der Waals surface area contributed by atoms with Gasteiger partial charge in [-0.25, -0.2) is 0 Å². The van der Waals surface area contributed by atoms with Gasteiger partial charge in [-0.1, -0.05) is 6.07 Å². The van der Waals surface area contributed by atoms with Gasteiger partial charge in [-0.05, 0) is 78.4 Å². The Morgan fingerprint density at radius 1 is 1.24 bits per heavy atom. The second-order valence-electron chi connectivity index (χ2n) is 6.23. The summed E-state index contributed by atoms with van der Waals surface area (Å²) >= 11 is 3.20. The van der Waals surface area contributed by atoms with Crippen LogP contribution in [-0.4, -0.2) is 19.1 Å². The Labute approximate surface area is 155 Å². The molecule has 3 rings (SSSR count). The summed E-state index contributed by atoms with van der Waals surface area (Å²) in [6.07, 6.45) is 4.90. The quantitative estimate of drug-likeness (QED) is 0.742. The average molecular weight is 408 g/mol. The average Bonchev–Trinajstić information content (AvgIpc) is 3.26. The Hall–Kier alpha value is -1.95. The van der Waals surface area contributed by atoms with E-state index in [0.29, 0.717) is 10.4 Å². The smallest absolute Gasteiger partial charge is 0.287 e. The number of benzene rings is 1. The Balaban J connectivity index is 1.69. The molecule has 1 amide bonds. The SMILES string of the molecule is COc1cc(C(C)NC(=O)c2ccc(Br)o2)ccc1OC1CCCC1. The lowest BCUT2D eigenvalue weighted by Gasteiger charge is -2.19. The van der Waals surface area contributed by atoms with Gasteiger partial charge in [0.05, 0.1) is 19.3 Å². The zero-order valence-corrected chi connectivity index (χ0v) is 16.0. The minimum Gasteiger partial charge on any atom is -0.493 e. The first kappa shape index (κ1) is 17.9. The highest BCUT2D eigenvalue weighted by Crippen LogP contribution is 2.33. The molecule has 1 unspecified atom stereocenters. The number of methoxy groups -OCH3 is 1. The van der Waals surface area contributed by atoms with Gasteiger partial charge in [0.15, 0.2) is 21.9 Å². The summed E-state index contributed by atoms with van der Waals surface area (Å²) in [4.78, 5) is 12.2. The van der Waals surface area contributed by atoms with Gasteiger partial charge in [0.2, 0.25) is 0 Å². The topological polar surface area (TPSA) is 60.7 Å². The maximum Gasteiger partial charge on any atom is 0.287 e. The van der Waals surface area contributed by atoms with Gasteiger partial charge in [0, 0.05) is 0 Å². The van der Waals surface area contributed by atoms with Crippen molar-refractivity contribution in [2.75, 3.05) is 7.11 Å². The molecule has 1 aromatic heterocycles. The van der Waals surface area contributed by atoms with Crippen LogP contribution in [0.2, 0.25) is 0 Å². The summed E-state index contributed by atoms with van der Waals surface area (Å²) in [5.41, 5.74) is 0.939. The van der Waals surface area contributed by atoms with Crippen LogP contribution in [0.1, 0.15) is 54.8 Å². The molecule has 1 heterocycles. The van der Waals surface area contributed by atoms with Crippen molar-refractivity contribution >= 4 is 21.8 Å². The molecular weight excluding hydrogens is 386 g/mol. The standard InChI is InChI=1S/C19H22BrNO4/c1-12(21-19(22)16-9-10-18(20)25-16)13-7-8-15(17(11-13)23-2)24-14-5-3-4-6-14/h7-12,14H,3-6H2,1-2H3,(H,21,22). The summed E-state index contributed by atoms with van der Waals surface area (Å²) < 4.78 is 17.3. The predicted molar refractivity (Wildman–Crippen MR) is 98.2 cm³/mol. The number of nitrogens with one attached hydrogen (secondary N) is 1. The van der Waals surface area contributed by atoms with Crippen LogP contribution in [0.25, 0.3) is 0 Å². The Morgan fingerprint density at radius 3 is 2.64 bits per heavy atom. The van der Waals surface area contributed by atoms with E-state index in [-0.39, 0.29) is 23.8 Å². The summed E-state index contributed by atoms with van der Waals surface area (Å²) in [7, 11) is 1.63. The van der Waals surface area contributed by atoms with Gasteiger partial charge < -0.3 is 19.2 Å². The predicted octanol–water partition coefficient (Wildman–Crippen LogP) is 4.86. The van der Waals surface area contributed by atoms with Crippen molar-refractivity contribution in [2.45, 2.75) is 44.8 Å². The fourth-order valence-electron chi connectivity index (χ4n) is 3.02. The Bertz CT molecular complexity index is 737. The lowest BCUT2D eigenvalue weighted by Crippen LogP contribution is -2.26. The lowest BCUT2D eigenvalue weighted by molar-refractivity contribution is 0.0910. The summed E-state index contributed by atoms with van der Waals surface area (Å²) in [5, 5.41) is 2.92. The van der Waals surface area contributed by atoms with Crippen LogP contribution in [0.5, 0.6) is 11.5 Å². The summed E-state index contributed by atoms with van der Waals surface area (Å²) in [6, 6.07) is 8.91. The van der Waals surface area contributed by atoms with Crippen molar-refractivity contribution in [3.8, 4) is 11.5 Å². The molecule has 0 aliphatic heterocycles. The molecule has 6 heteroatoms. The Morgan fingerprint density at radius 2 is 2.00 bits per heavy atom. The van der Waals surface area contributed by atoms with E-state index < -0.39 is 0 Å². The van der Waals surface area contributed by atoms with Crippen molar-refractivity contribution in [2.24, 2.45) is 0 Å². The highest BCUT2D eigenvalue weighted by Gasteiger charge is 2.20. The molecule has 0 radical (unpaired) electrons. The molecule has 5 nitrogen and oxygen atoms in total. The van der Waals surface area contributed by atoms with Gasteiger partial charge in [0.1, 0.15) is 0 Å². The van der Waals surface area contributed by atoms with Crippen molar-refractivity contribution in [1.29, 1.82) is 0 Å². The molecule has 134 valence electrons. The summed E-state index contributed by atoms with van der Waals surface area (Å²) in [6.45, 7) is 1.92. The Kier molecular flexibility index (Phi) is 5.68. The number of ether oxygens (including phenoxy) is 2. The highest BCUT2D eigenvalue weighted by atomic mass is 79.9. The van der Waals surface area contributed by atoms with E-state index in [4.69, 9.17) is 13.9 Å². The molecule has 0 bridgehead atoms. The van der Waals surface area contributed by atoms with E-state index in [0.717, 1.165) is 24.2 Å². The van der Waals surface area contributed by atoms with Gasteiger partial charge in [-0.2, -0.15) is 0 Å². The van der Waals surface area contributed by atoms with Gasteiger partial charge >= 0.3 is 0 Å². The first-order chi connectivity index (χ1) is 12.1. The fourth-order valence-corrected chi connectivity index (χ4v) is 3.33. The van der Waals surface area contributed by atoms with Gasteiger partial charge in [-0.15, -0.1) is 0 Å². The van der Waals surface area contributed by atoms with Crippen LogP contribution in [0.15, 0.2) is 39.4 Å². The molecule has 1 aliphatic rings. The van der Waals surface area contributed by atoms with Gasteiger partial charge in [-0.3, -0.25) is 4.79 Å². The minimum atomic E-state index is -0.261. The molecule has 1 aromatic carbocycles. The fraction of sp³-hybridized carbons (Fsp3) is 0.421. The van der Waals surface area contributed by atoms with Crippen LogP contribution in [0.3, 0.4) is 0 Å². The van der Waals surface area contributed by atoms with Crippen LogP contribution in [0, 0.1) is 0 Å². The highest BCUT2D eigenvalue weighted by molar-refractivity contribution is 9.10.